The van der Waals surface area contributed by atoms with Crippen LogP contribution < -0.4 is 0 Å². The summed E-state index contributed by atoms with van der Waals surface area (Å²) in [6.07, 6.45) is 0. The first-order valence-electron chi connectivity index (χ1n) is 5.10. The van der Waals surface area contributed by atoms with Crippen molar-refractivity contribution in [3.8, 4) is 0 Å². The summed E-state index contributed by atoms with van der Waals surface area (Å²) in [5.74, 6) is 0.0134. The van der Waals surface area contributed by atoms with E-state index in [9.17, 15) is 4.79 Å². The fraction of sp³-hybridized carbons (Fsp3) is 0.667. The van der Waals surface area contributed by atoms with E-state index in [2.05, 4.69) is 21.4 Å². The number of nitrogens with zero attached hydrogens (tertiary/aromatic N) is 4. The number of carbonyl (C=O) groups is 1. The standard InChI is InChI=1S/C9H14N4OS/c1-2-12-3-5-13(6-4-12)9(14)8-7-15-11-10-8/h7H,2-6H2,1H3. The van der Waals surface area contributed by atoms with Crippen LogP contribution in [0.2, 0.25) is 0 Å². The van der Waals surface area contributed by atoms with Gasteiger partial charge in [-0.3, -0.25) is 4.79 Å². The van der Waals surface area contributed by atoms with Crippen LogP contribution in [0.3, 0.4) is 0 Å². The van der Waals surface area contributed by atoms with Crippen molar-refractivity contribution in [3.63, 3.8) is 0 Å². The van der Waals surface area contributed by atoms with Crippen LogP contribution in [0.1, 0.15) is 17.4 Å². The monoisotopic (exact) mass is 226 g/mol. The van der Waals surface area contributed by atoms with Gasteiger partial charge in [0.15, 0.2) is 5.69 Å². The Hall–Kier alpha value is -1.01. The van der Waals surface area contributed by atoms with Crippen LogP contribution >= 0.6 is 11.5 Å². The molecule has 1 aliphatic heterocycles. The minimum atomic E-state index is 0.0134. The van der Waals surface area contributed by atoms with Gasteiger partial charge in [-0.15, -0.1) is 5.10 Å². The summed E-state index contributed by atoms with van der Waals surface area (Å²) in [6, 6.07) is 0. The van der Waals surface area contributed by atoms with Crippen LogP contribution in [0, 0.1) is 0 Å². The van der Waals surface area contributed by atoms with Crippen molar-refractivity contribution in [2.24, 2.45) is 0 Å². The van der Waals surface area contributed by atoms with E-state index in [-0.39, 0.29) is 5.91 Å². The van der Waals surface area contributed by atoms with Crippen molar-refractivity contribution < 1.29 is 4.79 Å². The maximum absolute atomic E-state index is 11.9. The van der Waals surface area contributed by atoms with E-state index in [1.165, 1.54) is 11.5 Å². The predicted octanol–water partition coefficient (Wildman–Crippen LogP) is 0.316. The Balaban J connectivity index is 1.93. The van der Waals surface area contributed by atoms with E-state index in [1.54, 1.807) is 5.38 Å². The highest BCUT2D eigenvalue weighted by atomic mass is 32.1. The summed E-state index contributed by atoms with van der Waals surface area (Å²) in [6.45, 7) is 6.70. The van der Waals surface area contributed by atoms with Crippen LogP contribution in [-0.4, -0.2) is 58.0 Å². The SMILES string of the molecule is CCN1CCN(C(=O)c2csnn2)CC1. The maximum atomic E-state index is 11.9. The van der Waals surface area contributed by atoms with E-state index in [0.717, 1.165) is 32.7 Å². The average Bonchev–Trinajstić information content (AvgIpc) is 2.82. The number of rotatable bonds is 2. The number of aromatic nitrogens is 2. The molecule has 0 spiro atoms. The molecule has 1 aromatic heterocycles. The predicted molar refractivity (Wildman–Crippen MR) is 57.9 cm³/mol. The molecule has 2 heterocycles. The number of amides is 1. The molecule has 0 unspecified atom stereocenters. The summed E-state index contributed by atoms with van der Waals surface area (Å²) >= 11 is 1.22. The summed E-state index contributed by atoms with van der Waals surface area (Å²) in [5.41, 5.74) is 0.477. The van der Waals surface area contributed by atoms with E-state index in [0.29, 0.717) is 5.69 Å². The van der Waals surface area contributed by atoms with Crippen LogP contribution in [-0.2, 0) is 0 Å². The zero-order valence-corrected chi connectivity index (χ0v) is 9.53. The summed E-state index contributed by atoms with van der Waals surface area (Å²) in [7, 11) is 0. The van der Waals surface area contributed by atoms with Gasteiger partial charge in [0.1, 0.15) is 0 Å². The largest absolute Gasteiger partial charge is 0.335 e. The molecule has 5 nitrogen and oxygen atoms in total. The van der Waals surface area contributed by atoms with Gasteiger partial charge in [0, 0.05) is 31.6 Å². The quantitative estimate of drug-likeness (QED) is 0.728. The molecule has 6 heteroatoms. The zero-order chi connectivity index (χ0) is 10.7. The van der Waals surface area contributed by atoms with Gasteiger partial charge in [0.25, 0.3) is 5.91 Å². The molecule has 0 saturated carbocycles. The van der Waals surface area contributed by atoms with Crippen molar-refractivity contribution >= 4 is 17.4 Å². The lowest BCUT2D eigenvalue weighted by atomic mass is 10.3. The van der Waals surface area contributed by atoms with Gasteiger partial charge >= 0.3 is 0 Å². The molecule has 0 atom stereocenters. The molecular formula is C9H14N4OS. The van der Waals surface area contributed by atoms with Gasteiger partial charge in [0.05, 0.1) is 0 Å². The third kappa shape index (κ3) is 2.32. The van der Waals surface area contributed by atoms with Gasteiger partial charge in [-0.25, -0.2) is 0 Å². The maximum Gasteiger partial charge on any atom is 0.275 e. The second-order valence-electron chi connectivity index (χ2n) is 3.52. The third-order valence-corrected chi connectivity index (χ3v) is 3.19. The fourth-order valence-electron chi connectivity index (χ4n) is 1.69. The van der Waals surface area contributed by atoms with E-state index in [4.69, 9.17) is 0 Å². The molecule has 1 amide bonds. The first-order chi connectivity index (χ1) is 7.31. The molecule has 0 N–H and O–H groups in total. The molecule has 15 heavy (non-hydrogen) atoms. The highest BCUT2D eigenvalue weighted by molar-refractivity contribution is 7.03. The highest BCUT2D eigenvalue weighted by Gasteiger charge is 2.22. The lowest BCUT2D eigenvalue weighted by Crippen LogP contribution is -2.48. The van der Waals surface area contributed by atoms with Gasteiger partial charge in [-0.05, 0) is 18.1 Å². The zero-order valence-electron chi connectivity index (χ0n) is 8.72. The summed E-state index contributed by atoms with van der Waals surface area (Å²) < 4.78 is 3.70. The second kappa shape index (κ2) is 4.67. The lowest BCUT2D eigenvalue weighted by molar-refractivity contribution is 0.0637. The number of carbonyl (C=O) groups excluding carboxylic acids is 1. The Morgan fingerprint density at radius 3 is 2.73 bits per heavy atom. The molecule has 0 aromatic carbocycles. The molecule has 0 bridgehead atoms. The molecule has 1 fully saturated rings. The summed E-state index contributed by atoms with van der Waals surface area (Å²) in [5, 5.41) is 5.50. The minimum Gasteiger partial charge on any atom is -0.335 e. The number of hydrogen-bond acceptors (Lipinski definition) is 5. The number of hydrogen-bond donors (Lipinski definition) is 0. The minimum absolute atomic E-state index is 0.0134. The van der Waals surface area contributed by atoms with E-state index < -0.39 is 0 Å². The Morgan fingerprint density at radius 2 is 2.20 bits per heavy atom. The highest BCUT2D eigenvalue weighted by Crippen LogP contribution is 2.07. The Morgan fingerprint density at radius 1 is 1.47 bits per heavy atom. The summed E-state index contributed by atoms with van der Waals surface area (Å²) in [4.78, 5) is 16.1. The van der Waals surface area contributed by atoms with Gasteiger partial charge < -0.3 is 9.80 Å². The van der Waals surface area contributed by atoms with Crippen LogP contribution in [0.4, 0.5) is 0 Å². The number of piperazine rings is 1. The molecule has 2 rings (SSSR count). The Labute approximate surface area is 92.9 Å². The fourth-order valence-corrected chi connectivity index (χ4v) is 2.12. The first kappa shape index (κ1) is 10.5. The number of likely N-dealkylation sites (N-methyl/N-ethyl adjacent to an activating group) is 1. The van der Waals surface area contributed by atoms with Gasteiger partial charge in [-0.2, -0.15) is 0 Å². The molecule has 1 aliphatic rings. The van der Waals surface area contributed by atoms with Crippen molar-refractivity contribution in [3.05, 3.63) is 11.1 Å². The second-order valence-corrected chi connectivity index (χ2v) is 4.13. The van der Waals surface area contributed by atoms with E-state index >= 15 is 0 Å². The van der Waals surface area contributed by atoms with Crippen LogP contribution in [0.15, 0.2) is 5.38 Å². The van der Waals surface area contributed by atoms with Gasteiger partial charge in [-0.1, -0.05) is 11.4 Å². The molecule has 0 radical (unpaired) electrons. The molecule has 82 valence electrons. The normalized spacial score (nSPS) is 18.1. The lowest BCUT2D eigenvalue weighted by Gasteiger charge is -2.33. The van der Waals surface area contributed by atoms with E-state index in [1.807, 2.05) is 4.90 Å². The van der Waals surface area contributed by atoms with Crippen LogP contribution in [0.5, 0.6) is 0 Å². The molecular weight excluding hydrogens is 212 g/mol. The topological polar surface area (TPSA) is 49.3 Å². The van der Waals surface area contributed by atoms with Crippen LogP contribution in [0.25, 0.3) is 0 Å². The average molecular weight is 226 g/mol. The van der Waals surface area contributed by atoms with Crippen molar-refractivity contribution in [2.45, 2.75) is 6.92 Å². The molecule has 0 aliphatic carbocycles. The Bertz CT molecular complexity index is 319. The molecule has 1 saturated heterocycles. The van der Waals surface area contributed by atoms with Crippen molar-refractivity contribution in [2.75, 3.05) is 32.7 Å². The smallest absolute Gasteiger partial charge is 0.275 e. The Kier molecular flexibility index (Phi) is 3.27. The third-order valence-electron chi connectivity index (χ3n) is 2.69. The molecule has 1 aromatic rings. The van der Waals surface area contributed by atoms with Gasteiger partial charge in [0.2, 0.25) is 0 Å². The van der Waals surface area contributed by atoms with Crippen molar-refractivity contribution in [1.82, 2.24) is 19.4 Å². The van der Waals surface area contributed by atoms with Crippen molar-refractivity contribution in [1.29, 1.82) is 0 Å². The first-order valence-corrected chi connectivity index (χ1v) is 5.93.